The molecule has 0 fully saturated rings. The Morgan fingerprint density at radius 3 is 2.75 bits per heavy atom. The van der Waals surface area contributed by atoms with Crippen molar-refractivity contribution in [1.29, 1.82) is 0 Å². The van der Waals surface area contributed by atoms with Crippen LogP contribution in [0.25, 0.3) is 0 Å². The summed E-state index contributed by atoms with van der Waals surface area (Å²) in [6.07, 6.45) is -0.479. The average Bonchev–Trinajstić information content (AvgIpc) is 2.22. The highest BCUT2D eigenvalue weighted by atomic mass is 16.5. The molecule has 1 atom stereocenters. The molecule has 1 aromatic carbocycles. The van der Waals surface area contributed by atoms with Crippen molar-refractivity contribution in [1.82, 2.24) is 0 Å². The zero-order valence-electron chi connectivity index (χ0n) is 10.1. The minimum absolute atomic E-state index is 0.346. The Labute approximate surface area is 96.6 Å². The quantitative estimate of drug-likeness (QED) is 0.733. The zero-order valence-corrected chi connectivity index (χ0v) is 10.1. The van der Waals surface area contributed by atoms with Crippen molar-refractivity contribution >= 4 is 11.4 Å². The number of hydrogen-bond donors (Lipinski definition) is 2. The van der Waals surface area contributed by atoms with Crippen LogP contribution in [0.4, 0.5) is 11.4 Å². The number of ether oxygens (including phenoxy) is 1. The normalized spacial score (nSPS) is 12.5. The molecule has 0 saturated heterocycles. The Balaban J connectivity index is 2.65. The Hall–Kier alpha value is -1.26. The fourth-order valence-corrected chi connectivity index (χ4v) is 1.56. The zero-order chi connectivity index (χ0) is 12.1. The lowest BCUT2D eigenvalue weighted by Gasteiger charge is -2.23. The average molecular weight is 224 g/mol. The first-order valence-corrected chi connectivity index (χ1v) is 5.29. The molecule has 0 amide bonds. The highest BCUT2D eigenvalue weighted by Crippen LogP contribution is 2.19. The van der Waals surface area contributed by atoms with E-state index < -0.39 is 6.10 Å². The molecular weight excluding hydrogens is 204 g/mol. The van der Waals surface area contributed by atoms with E-state index in [9.17, 15) is 5.11 Å². The van der Waals surface area contributed by atoms with E-state index in [1.165, 1.54) is 0 Å². The first kappa shape index (κ1) is 12.8. The van der Waals surface area contributed by atoms with Crippen molar-refractivity contribution in [3.8, 4) is 0 Å². The van der Waals surface area contributed by atoms with Gasteiger partial charge >= 0.3 is 0 Å². The lowest BCUT2D eigenvalue weighted by Crippen LogP contribution is -2.31. The van der Waals surface area contributed by atoms with E-state index in [0.717, 1.165) is 16.9 Å². The Morgan fingerprint density at radius 1 is 1.50 bits per heavy atom. The molecule has 0 aliphatic heterocycles. The van der Waals surface area contributed by atoms with E-state index in [0.29, 0.717) is 13.2 Å². The molecule has 1 aromatic rings. The standard InChI is InChI=1S/C12H20N2O2/c1-9-6-10(4-5-12(9)13)14(2)7-11(15)8-16-3/h4-6,11,15H,7-8,13H2,1-3H3. The molecule has 0 heterocycles. The van der Waals surface area contributed by atoms with Crippen LogP contribution in [-0.4, -0.2) is 38.5 Å². The topological polar surface area (TPSA) is 58.7 Å². The molecule has 0 saturated carbocycles. The lowest BCUT2D eigenvalue weighted by atomic mass is 10.1. The van der Waals surface area contributed by atoms with Crippen LogP contribution >= 0.6 is 0 Å². The summed E-state index contributed by atoms with van der Waals surface area (Å²) in [6, 6.07) is 5.83. The molecule has 4 heteroatoms. The SMILES string of the molecule is COCC(O)CN(C)c1ccc(N)c(C)c1. The number of nitrogen functional groups attached to an aromatic ring is 1. The van der Waals surface area contributed by atoms with Gasteiger partial charge in [-0.25, -0.2) is 0 Å². The second-order valence-electron chi connectivity index (χ2n) is 4.03. The molecule has 3 N–H and O–H groups in total. The minimum atomic E-state index is -0.479. The van der Waals surface area contributed by atoms with Gasteiger partial charge in [-0.15, -0.1) is 0 Å². The van der Waals surface area contributed by atoms with E-state index in [2.05, 4.69) is 0 Å². The summed E-state index contributed by atoms with van der Waals surface area (Å²) in [5, 5.41) is 9.61. The maximum absolute atomic E-state index is 9.61. The van der Waals surface area contributed by atoms with Crippen LogP contribution < -0.4 is 10.6 Å². The molecule has 1 unspecified atom stereocenters. The number of benzene rings is 1. The summed E-state index contributed by atoms with van der Waals surface area (Å²) in [5.74, 6) is 0. The number of methoxy groups -OCH3 is 1. The highest BCUT2D eigenvalue weighted by Gasteiger charge is 2.09. The molecule has 0 spiro atoms. The fourth-order valence-electron chi connectivity index (χ4n) is 1.56. The Morgan fingerprint density at radius 2 is 2.19 bits per heavy atom. The van der Waals surface area contributed by atoms with E-state index in [1.807, 2.05) is 37.1 Å². The number of hydrogen-bond acceptors (Lipinski definition) is 4. The van der Waals surface area contributed by atoms with Crippen LogP contribution in [0, 0.1) is 6.92 Å². The van der Waals surface area contributed by atoms with Crippen LogP contribution in [-0.2, 0) is 4.74 Å². The van der Waals surface area contributed by atoms with Crippen molar-refractivity contribution in [2.75, 3.05) is 37.9 Å². The highest BCUT2D eigenvalue weighted by molar-refractivity contribution is 5.57. The Bertz CT molecular complexity index is 342. The molecule has 1 rings (SSSR count). The van der Waals surface area contributed by atoms with E-state index >= 15 is 0 Å². The molecule has 16 heavy (non-hydrogen) atoms. The number of nitrogens with zero attached hydrogens (tertiary/aromatic N) is 1. The second kappa shape index (κ2) is 5.72. The van der Waals surface area contributed by atoms with Gasteiger partial charge in [-0.05, 0) is 30.7 Å². The third kappa shape index (κ3) is 3.40. The van der Waals surface area contributed by atoms with Gasteiger partial charge in [0.2, 0.25) is 0 Å². The van der Waals surface area contributed by atoms with Crippen molar-refractivity contribution in [3.63, 3.8) is 0 Å². The van der Waals surface area contributed by atoms with Crippen LogP contribution in [0.5, 0.6) is 0 Å². The second-order valence-corrected chi connectivity index (χ2v) is 4.03. The Kier molecular flexibility index (Phi) is 4.58. The number of aryl methyl sites for hydroxylation is 1. The van der Waals surface area contributed by atoms with Crippen LogP contribution in [0.2, 0.25) is 0 Å². The molecule has 90 valence electrons. The maximum Gasteiger partial charge on any atom is 0.0947 e. The van der Waals surface area contributed by atoms with Crippen LogP contribution in [0.3, 0.4) is 0 Å². The number of anilines is 2. The summed E-state index contributed by atoms with van der Waals surface area (Å²) in [7, 11) is 3.51. The number of rotatable bonds is 5. The summed E-state index contributed by atoms with van der Waals surface area (Å²) >= 11 is 0. The summed E-state index contributed by atoms with van der Waals surface area (Å²) in [5.41, 5.74) is 8.63. The third-order valence-corrected chi connectivity index (χ3v) is 2.54. The van der Waals surface area contributed by atoms with Crippen molar-refractivity contribution in [2.45, 2.75) is 13.0 Å². The predicted octanol–water partition coefficient (Wildman–Crippen LogP) is 1.02. The van der Waals surface area contributed by atoms with Gasteiger partial charge in [0.1, 0.15) is 0 Å². The molecule has 0 bridgehead atoms. The number of aliphatic hydroxyl groups is 1. The molecular formula is C12H20N2O2. The van der Waals surface area contributed by atoms with Crippen molar-refractivity contribution in [2.24, 2.45) is 0 Å². The predicted molar refractivity (Wildman–Crippen MR) is 66.7 cm³/mol. The third-order valence-electron chi connectivity index (χ3n) is 2.54. The molecule has 0 aliphatic carbocycles. The maximum atomic E-state index is 9.61. The van der Waals surface area contributed by atoms with Gasteiger partial charge in [-0.2, -0.15) is 0 Å². The summed E-state index contributed by atoms with van der Waals surface area (Å²) < 4.78 is 4.89. The smallest absolute Gasteiger partial charge is 0.0947 e. The molecule has 0 aromatic heterocycles. The largest absolute Gasteiger partial charge is 0.399 e. The summed E-state index contributed by atoms with van der Waals surface area (Å²) in [6.45, 7) is 2.85. The number of nitrogens with two attached hydrogens (primary N) is 1. The van der Waals surface area contributed by atoms with E-state index in [-0.39, 0.29) is 0 Å². The minimum Gasteiger partial charge on any atom is -0.399 e. The fraction of sp³-hybridized carbons (Fsp3) is 0.500. The van der Waals surface area contributed by atoms with Gasteiger partial charge in [0.05, 0.1) is 12.7 Å². The number of aliphatic hydroxyl groups excluding tert-OH is 1. The first-order valence-electron chi connectivity index (χ1n) is 5.29. The van der Waals surface area contributed by atoms with E-state index in [4.69, 9.17) is 10.5 Å². The van der Waals surface area contributed by atoms with Gasteiger partial charge in [0.25, 0.3) is 0 Å². The van der Waals surface area contributed by atoms with Gasteiger partial charge in [-0.1, -0.05) is 0 Å². The van der Waals surface area contributed by atoms with Gasteiger partial charge < -0.3 is 20.5 Å². The van der Waals surface area contributed by atoms with Gasteiger partial charge in [0, 0.05) is 32.1 Å². The molecule has 0 radical (unpaired) electrons. The summed E-state index contributed by atoms with van der Waals surface area (Å²) in [4.78, 5) is 1.98. The molecule has 0 aliphatic rings. The molecule has 4 nitrogen and oxygen atoms in total. The first-order chi connectivity index (χ1) is 7.54. The van der Waals surface area contributed by atoms with Gasteiger partial charge in [0.15, 0.2) is 0 Å². The number of likely N-dealkylation sites (N-methyl/N-ethyl adjacent to an activating group) is 1. The van der Waals surface area contributed by atoms with Gasteiger partial charge in [-0.3, -0.25) is 0 Å². The van der Waals surface area contributed by atoms with Crippen molar-refractivity contribution < 1.29 is 9.84 Å². The monoisotopic (exact) mass is 224 g/mol. The lowest BCUT2D eigenvalue weighted by molar-refractivity contribution is 0.0695. The van der Waals surface area contributed by atoms with Crippen molar-refractivity contribution in [3.05, 3.63) is 23.8 Å². The van der Waals surface area contributed by atoms with E-state index in [1.54, 1.807) is 7.11 Å². The van der Waals surface area contributed by atoms with Crippen LogP contribution in [0.15, 0.2) is 18.2 Å². The van der Waals surface area contributed by atoms with Crippen LogP contribution in [0.1, 0.15) is 5.56 Å².